The average Bonchev–Trinajstić information content (AvgIpc) is 2.37. The molecular formula is C17H26O2. The van der Waals surface area contributed by atoms with Crippen molar-refractivity contribution in [2.45, 2.75) is 59.0 Å². The Hall–Kier alpha value is -1.15. The van der Waals surface area contributed by atoms with Gasteiger partial charge in [0.05, 0.1) is 5.60 Å². The zero-order valence-corrected chi connectivity index (χ0v) is 12.6. The molecule has 19 heavy (non-hydrogen) atoms. The summed E-state index contributed by atoms with van der Waals surface area (Å²) in [7, 11) is 0. The van der Waals surface area contributed by atoms with Gasteiger partial charge in [-0.3, -0.25) is 4.79 Å². The van der Waals surface area contributed by atoms with Crippen molar-refractivity contribution in [3.8, 4) is 0 Å². The smallest absolute Gasteiger partial charge is 0.165 e. The SMILES string of the molecule is CCCC(CCC)C(=O)c1ccc(C(C)(C)O)cc1. The summed E-state index contributed by atoms with van der Waals surface area (Å²) in [4.78, 5) is 12.4. The van der Waals surface area contributed by atoms with Gasteiger partial charge in [0, 0.05) is 11.5 Å². The fraction of sp³-hybridized carbons (Fsp3) is 0.588. The van der Waals surface area contributed by atoms with Crippen molar-refractivity contribution in [3.05, 3.63) is 35.4 Å². The van der Waals surface area contributed by atoms with Gasteiger partial charge in [-0.05, 0) is 32.3 Å². The molecule has 0 saturated heterocycles. The summed E-state index contributed by atoms with van der Waals surface area (Å²) in [5, 5.41) is 9.91. The van der Waals surface area contributed by atoms with Gasteiger partial charge in [0.1, 0.15) is 0 Å². The molecule has 0 spiro atoms. The lowest BCUT2D eigenvalue weighted by molar-refractivity contribution is 0.0783. The summed E-state index contributed by atoms with van der Waals surface area (Å²) in [5.74, 6) is 0.383. The molecule has 2 heteroatoms. The number of hydrogen-bond donors (Lipinski definition) is 1. The van der Waals surface area contributed by atoms with Crippen molar-refractivity contribution in [1.82, 2.24) is 0 Å². The van der Waals surface area contributed by atoms with E-state index in [0.717, 1.165) is 36.8 Å². The van der Waals surface area contributed by atoms with Gasteiger partial charge in [-0.15, -0.1) is 0 Å². The number of carbonyl (C=O) groups excluding carboxylic acids is 1. The molecule has 0 bridgehead atoms. The number of carbonyl (C=O) groups is 1. The summed E-state index contributed by atoms with van der Waals surface area (Å²) in [6, 6.07) is 7.38. The first-order chi connectivity index (χ1) is 8.90. The fourth-order valence-electron chi connectivity index (χ4n) is 2.38. The van der Waals surface area contributed by atoms with E-state index in [4.69, 9.17) is 0 Å². The molecule has 0 unspecified atom stereocenters. The predicted molar refractivity (Wildman–Crippen MR) is 79.3 cm³/mol. The Labute approximate surface area is 116 Å². The van der Waals surface area contributed by atoms with Crippen molar-refractivity contribution in [2.24, 2.45) is 5.92 Å². The van der Waals surface area contributed by atoms with Crippen LogP contribution in [0.5, 0.6) is 0 Å². The molecule has 1 aromatic carbocycles. The fourth-order valence-corrected chi connectivity index (χ4v) is 2.38. The summed E-state index contributed by atoms with van der Waals surface area (Å²) in [6.45, 7) is 7.74. The van der Waals surface area contributed by atoms with Gasteiger partial charge in [0.2, 0.25) is 0 Å². The molecule has 1 aromatic rings. The van der Waals surface area contributed by atoms with E-state index in [1.54, 1.807) is 13.8 Å². The average molecular weight is 262 g/mol. The van der Waals surface area contributed by atoms with E-state index in [2.05, 4.69) is 13.8 Å². The van der Waals surface area contributed by atoms with Gasteiger partial charge in [-0.1, -0.05) is 51.0 Å². The predicted octanol–water partition coefficient (Wildman–Crippen LogP) is 4.31. The lowest BCUT2D eigenvalue weighted by atomic mass is 9.88. The maximum atomic E-state index is 12.4. The largest absolute Gasteiger partial charge is 0.386 e. The first-order valence-corrected chi connectivity index (χ1v) is 7.27. The van der Waals surface area contributed by atoms with Crippen LogP contribution in [0.4, 0.5) is 0 Å². The van der Waals surface area contributed by atoms with Crippen molar-refractivity contribution < 1.29 is 9.90 Å². The van der Waals surface area contributed by atoms with E-state index in [0.29, 0.717) is 0 Å². The highest BCUT2D eigenvalue weighted by Gasteiger charge is 2.20. The number of hydrogen-bond acceptors (Lipinski definition) is 2. The molecule has 1 rings (SSSR count). The highest BCUT2D eigenvalue weighted by atomic mass is 16.3. The number of benzene rings is 1. The van der Waals surface area contributed by atoms with Crippen LogP contribution in [0.15, 0.2) is 24.3 Å². The number of rotatable bonds is 7. The third-order valence-electron chi connectivity index (χ3n) is 3.52. The van der Waals surface area contributed by atoms with Crippen molar-refractivity contribution in [2.75, 3.05) is 0 Å². The Morgan fingerprint density at radius 1 is 1.11 bits per heavy atom. The summed E-state index contributed by atoms with van der Waals surface area (Å²) < 4.78 is 0. The quantitative estimate of drug-likeness (QED) is 0.743. The molecular weight excluding hydrogens is 236 g/mol. The first-order valence-electron chi connectivity index (χ1n) is 7.27. The molecule has 0 aliphatic carbocycles. The van der Waals surface area contributed by atoms with Gasteiger partial charge in [-0.25, -0.2) is 0 Å². The van der Waals surface area contributed by atoms with E-state index >= 15 is 0 Å². The monoisotopic (exact) mass is 262 g/mol. The van der Waals surface area contributed by atoms with E-state index in [1.165, 1.54) is 0 Å². The Balaban J connectivity index is 2.87. The number of Topliss-reactive ketones (excluding diaryl/α,β-unsaturated/α-hetero) is 1. The third-order valence-corrected chi connectivity index (χ3v) is 3.52. The second kappa shape index (κ2) is 6.85. The minimum Gasteiger partial charge on any atom is -0.386 e. The maximum Gasteiger partial charge on any atom is 0.165 e. The summed E-state index contributed by atoms with van der Waals surface area (Å²) in [6.07, 6.45) is 4.00. The molecule has 106 valence electrons. The van der Waals surface area contributed by atoms with Crippen LogP contribution >= 0.6 is 0 Å². The zero-order valence-electron chi connectivity index (χ0n) is 12.6. The standard InChI is InChI=1S/C17H26O2/c1-5-7-13(8-6-2)16(18)14-9-11-15(12-10-14)17(3,4)19/h9-13,19H,5-8H2,1-4H3. The van der Waals surface area contributed by atoms with Gasteiger partial charge in [0.25, 0.3) is 0 Å². The van der Waals surface area contributed by atoms with Crippen LogP contribution in [0.25, 0.3) is 0 Å². The zero-order chi connectivity index (χ0) is 14.5. The minimum atomic E-state index is -0.853. The molecule has 0 aliphatic heterocycles. The third kappa shape index (κ3) is 4.46. The molecule has 0 fully saturated rings. The molecule has 0 heterocycles. The van der Waals surface area contributed by atoms with Crippen LogP contribution in [0, 0.1) is 5.92 Å². The molecule has 2 nitrogen and oxygen atoms in total. The van der Waals surface area contributed by atoms with Gasteiger partial charge in [0.15, 0.2) is 5.78 Å². The highest BCUT2D eigenvalue weighted by molar-refractivity contribution is 5.97. The Morgan fingerprint density at radius 2 is 1.58 bits per heavy atom. The van der Waals surface area contributed by atoms with Gasteiger partial charge in [-0.2, -0.15) is 0 Å². The summed E-state index contributed by atoms with van der Waals surface area (Å²) >= 11 is 0. The Bertz CT molecular complexity index is 392. The van der Waals surface area contributed by atoms with Crippen LogP contribution < -0.4 is 0 Å². The van der Waals surface area contributed by atoms with Crippen molar-refractivity contribution in [1.29, 1.82) is 0 Å². The molecule has 0 amide bonds. The van der Waals surface area contributed by atoms with E-state index in [1.807, 2.05) is 24.3 Å². The lowest BCUT2D eigenvalue weighted by Crippen LogP contribution is -2.17. The molecule has 1 N–H and O–H groups in total. The topological polar surface area (TPSA) is 37.3 Å². The van der Waals surface area contributed by atoms with E-state index in [-0.39, 0.29) is 11.7 Å². The highest BCUT2D eigenvalue weighted by Crippen LogP contribution is 2.23. The lowest BCUT2D eigenvalue weighted by Gasteiger charge is -2.19. The molecule has 0 saturated carbocycles. The van der Waals surface area contributed by atoms with Crippen LogP contribution in [-0.2, 0) is 5.60 Å². The van der Waals surface area contributed by atoms with E-state index < -0.39 is 5.60 Å². The van der Waals surface area contributed by atoms with Crippen molar-refractivity contribution >= 4 is 5.78 Å². The van der Waals surface area contributed by atoms with Gasteiger partial charge >= 0.3 is 0 Å². The van der Waals surface area contributed by atoms with Crippen LogP contribution in [0.3, 0.4) is 0 Å². The minimum absolute atomic E-state index is 0.142. The van der Waals surface area contributed by atoms with E-state index in [9.17, 15) is 9.90 Å². The normalized spacial score (nSPS) is 11.9. The molecule has 0 atom stereocenters. The van der Waals surface area contributed by atoms with Gasteiger partial charge < -0.3 is 5.11 Å². The maximum absolute atomic E-state index is 12.4. The van der Waals surface area contributed by atoms with Crippen LogP contribution in [0.2, 0.25) is 0 Å². The second-order valence-electron chi connectivity index (χ2n) is 5.77. The molecule has 0 radical (unpaired) electrons. The van der Waals surface area contributed by atoms with Crippen LogP contribution in [0.1, 0.15) is 69.3 Å². The second-order valence-corrected chi connectivity index (χ2v) is 5.77. The summed E-state index contributed by atoms with van der Waals surface area (Å²) in [5.41, 5.74) is 0.750. The number of ketones is 1. The number of aliphatic hydroxyl groups is 1. The Morgan fingerprint density at radius 3 is 1.95 bits per heavy atom. The molecule has 0 aliphatic rings. The Kier molecular flexibility index (Phi) is 5.74. The van der Waals surface area contributed by atoms with Crippen LogP contribution in [-0.4, -0.2) is 10.9 Å². The van der Waals surface area contributed by atoms with Crippen molar-refractivity contribution in [3.63, 3.8) is 0 Å². The first kappa shape index (κ1) is 15.9. The molecule has 0 aromatic heterocycles.